The molecule has 154 valence electrons. The number of phenols is 2. The fraction of sp³-hybridized carbons (Fsp3) is 0.444. The second kappa shape index (κ2) is 10.1. The Labute approximate surface area is 160 Å². The molecule has 0 saturated heterocycles. The minimum absolute atomic E-state index is 0.129. The van der Waals surface area contributed by atoms with Crippen LogP contribution in [0.1, 0.15) is 69.1 Å². The molecule has 28 heavy (non-hydrogen) atoms. The van der Waals surface area contributed by atoms with Crippen molar-refractivity contribution in [1.82, 2.24) is 0 Å². The Bertz CT molecular complexity index is 655. The molecule has 1 aromatic carbocycles. The summed E-state index contributed by atoms with van der Waals surface area (Å²) in [6.45, 7) is 5.36. The van der Waals surface area contributed by atoms with Gasteiger partial charge < -0.3 is 29.2 Å². The monoisotopic (exact) mass is 398 g/mol. The summed E-state index contributed by atoms with van der Waals surface area (Å²) < 4.78 is 19.2. The molecule has 0 heterocycles. The Kier molecular flexibility index (Phi) is 8.24. The zero-order valence-corrected chi connectivity index (χ0v) is 16.0. The SMILES string of the molecule is CCOC(=O)c1c(O)c(C(=O)OCC)c(C(=O)OCC)c(O)c1C(=O)OCC. The van der Waals surface area contributed by atoms with Gasteiger partial charge in [0.1, 0.15) is 33.8 Å². The number of hydrogen-bond donors (Lipinski definition) is 2. The van der Waals surface area contributed by atoms with Crippen molar-refractivity contribution in [3.05, 3.63) is 22.3 Å². The first kappa shape index (κ1) is 22.7. The summed E-state index contributed by atoms with van der Waals surface area (Å²) in [6, 6.07) is 0. The highest BCUT2D eigenvalue weighted by Gasteiger charge is 2.38. The van der Waals surface area contributed by atoms with Gasteiger partial charge in [-0.25, -0.2) is 19.2 Å². The van der Waals surface area contributed by atoms with E-state index in [4.69, 9.17) is 18.9 Å². The number of rotatable bonds is 8. The summed E-state index contributed by atoms with van der Waals surface area (Å²) in [5.41, 5.74) is -3.30. The van der Waals surface area contributed by atoms with Crippen LogP contribution in [0, 0.1) is 0 Å². The molecule has 0 aliphatic rings. The minimum Gasteiger partial charge on any atom is -0.506 e. The number of hydrogen-bond acceptors (Lipinski definition) is 10. The third kappa shape index (κ3) is 4.51. The largest absolute Gasteiger partial charge is 0.506 e. The summed E-state index contributed by atoms with van der Waals surface area (Å²) in [6.07, 6.45) is 0. The van der Waals surface area contributed by atoms with Gasteiger partial charge in [-0.2, -0.15) is 0 Å². The van der Waals surface area contributed by atoms with Gasteiger partial charge in [0.25, 0.3) is 0 Å². The Balaban J connectivity index is 3.99. The van der Waals surface area contributed by atoms with Crippen LogP contribution in [0.3, 0.4) is 0 Å². The molecule has 0 aliphatic heterocycles. The van der Waals surface area contributed by atoms with E-state index in [2.05, 4.69) is 0 Å². The highest BCUT2D eigenvalue weighted by molar-refractivity contribution is 6.16. The molecule has 0 amide bonds. The zero-order chi connectivity index (χ0) is 21.4. The predicted octanol–water partition coefficient (Wildman–Crippen LogP) is 1.80. The molecule has 0 radical (unpaired) electrons. The van der Waals surface area contributed by atoms with Crippen molar-refractivity contribution in [2.45, 2.75) is 27.7 Å². The molecule has 0 aromatic heterocycles. The smallest absolute Gasteiger partial charge is 0.342 e. The van der Waals surface area contributed by atoms with Crippen LogP contribution in [-0.2, 0) is 18.9 Å². The van der Waals surface area contributed by atoms with E-state index in [1.165, 1.54) is 27.7 Å². The average Bonchev–Trinajstić information content (AvgIpc) is 2.62. The quantitative estimate of drug-likeness (QED) is 0.377. The van der Waals surface area contributed by atoms with Crippen LogP contribution in [0.4, 0.5) is 0 Å². The summed E-state index contributed by atoms with van der Waals surface area (Å²) in [5, 5.41) is 21.1. The van der Waals surface area contributed by atoms with Gasteiger partial charge in [0.15, 0.2) is 0 Å². The predicted molar refractivity (Wildman–Crippen MR) is 93.6 cm³/mol. The zero-order valence-electron chi connectivity index (χ0n) is 16.0. The highest BCUT2D eigenvalue weighted by Crippen LogP contribution is 2.39. The Morgan fingerprint density at radius 3 is 0.857 bits per heavy atom. The maximum atomic E-state index is 12.3. The Morgan fingerprint density at radius 2 is 0.714 bits per heavy atom. The van der Waals surface area contributed by atoms with E-state index in [1.807, 2.05) is 0 Å². The minimum atomic E-state index is -1.21. The molecule has 0 aliphatic carbocycles. The molecule has 1 aromatic rings. The van der Waals surface area contributed by atoms with Crippen molar-refractivity contribution in [3.8, 4) is 11.5 Å². The van der Waals surface area contributed by atoms with Gasteiger partial charge in [0, 0.05) is 0 Å². The van der Waals surface area contributed by atoms with E-state index in [0.29, 0.717) is 0 Å². The lowest BCUT2D eigenvalue weighted by Crippen LogP contribution is -2.21. The topological polar surface area (TPSA) is 146 Å². The molecule has 1 rings (SSSR count). The second-order valence-corrected chi connectivity index (χ2v) is 5.08. The number of esters is 4. The number of carbonyl (C=O) groups is 4. The summed E-state index contributed by atoms with van der Waals surface area (Å²) >= 11 is 0. The van der Waals surface area contributed by atoms with Gasteiger partial charge >= 0.3 is 23.9 Å². The number of benzene rings is 1. The molecule has 0 saturated carbocycles. The van der Waals surface area contributed by atoms with Crippen LogP contribution in [0.15, 0.2) is 0 Å². The molecule has 0 atom stereocenters. The number of ether oxygens (including phenoxy) is 4. The second-order valence-electron chi connectivity index (χ2n) is 5.08. The molecule has 0 spiro atoms. The average molecular weight is 398 g/mol. The van der Waals surface area contributed by atoms with Gasteiger partial charge in [-0.15, -0.1) is 0 Å². The molecular weight excluding hydrogens is 376 g/mol. The number of phenolic OH excluding ortho intramolecular Hbond substituents is 2. The maximum Gasteiger partial charge on any atom is 0.342 e. The highest BCUT2D eigenvalue weighted by atomic mass is 16.5. The van der Waals surface area contributed by atoms with E-state index in [1.54, 1.807) is 0 Å². The molecule has 0 bridgehead atoms. The van der Waals surface area contributed by atoms with Crippen molar-refractivity contribution in [2.24, 2.45) is 0 Å². The van der Waals surface area contributed by atoms with Gasteiger partial charge in [-0.05, 0) is 27.7 Å². The van der Waals surface area contributed by atoms with Crippen molar-refractivity contribution in [2.75, 3.05) is 26.4 Å². The van der Waals surface area contributed by atoms with Crippen LogP contribution < -0.4 is 0 Å². The van der Waals surface area contributed by atoms with Gasteiger partial charge in [-0.1, -0.05) is 0 Å². The van der Waals surface area contributed by atoms with Crippen molar-refractivity contribution < 1.29 is 48.3 Å². The number of carbonyl (C=O) groups excluding carboxylic acids is 4. The Hall–Kier alpha value is -3.30. The van der Waals surface area contributed by atoms with Crippen molar-refractivity contribution in [3.63, 3.8) is 0 Å². The molecule has 10 nitrogen and oxygen atoms in total. The van der Waals surface area contributed by atoms with Crippen LogP contribution in [0.25, 0.3) is 0 Å². The summed E-state index contributed by atoms with van der Waals surface area (Å²) in [5.74, 6) is -6.97. The first-order valence-corrected chi connectivity index (χ1v) is 8.56. The van der Waals surface area contributed by atoms with Crippen molar-refractivity contribution in [1.29, 1.82) is 0 Å². The third-order valence-corrected chi connectivity index (χ3v) is 3.37. The van der Waals surface area contributed by atoms with E-state index >= 15 is 0 Å². The molecular formula is C18H22O10. The van der Waals surface area contributed by atoms with Gasteiger partial charge in [0.2, 0.25) is 0 Å². The van der Waals surface area contributed by atoms with Crippen LogP contribution in [0.5, 0.6) is 11.5 Å². The summed E-state index contributed by atoms with van der Waals surface area (Å²) in [4.78, 5) is 49.3. The van der Waals surface area contributed by atoms with Gasteiger partial charge in [-0.3, -0.25) is 0 Å². The fourth-order valence-electron chi connectivity index (χ4n) is 2.33. The lowest BCUT2D eigenvalue weighted by Gasteiger charge is -2.18. The van der Waals surface area contributed by atoms with Crippen LogP contribution in [-0.4, -0.2) is 60.5 Å². The van der Waals surface area contributed by atoms with E-state index < -0.39 is 57.6 Å². The lowest BCUT2D eigenvalue weighted by atomic mass is 9.94. The van der Waals surface area contributed by atoms with E-state index in [-0.39, 0.29) is 26.4 Å². The van der Waals surface area contributed by atoms with Gasteiger partial charge in [0.05, 0.1) is 26.4 Å². The normalized spacial score (nSPS) is 10.1. The molecule has 0 fully saturated rings. The molecule has 10 heteroatoms. The van der Waals surface area contributed by atoms with E-state index in [0.717, 1.165) is 0 Å². The first-order valence-electron chi connectivity index (χ1n) is 8.56. The lowest BCUT2D eigenvalue weighted by molar-refractivity contribution is 0.0450. The number of aromatic hydroxyl groups is 2. The third-order valence-electron chi connectivity index (χ3n) is 3.37. The van der Waals surface area contributed by atoms with E-state index in [9.17, 15) is 29.4 Å². The van der Waals surface area contributed by atoms with Crippen LogP contribution in [0.2, 0.25) is 0 Å². The van der Waals surface area contributed by atoms with Crippen molar-refractivity contribution >= 4 is 23.9 Å². The molecule has 2 N–H and O–H groups in total. The summed E-state index contributed by atoms with van der Waals surface area (Å²) in [7, 11) is 0. The Morgan fingerprint density at radius 1 is 0.536 bits per heavy atom. The first-order chi connectivity index (χ1) is 13.3. The molecule has 0 unspecified atom stereocenters. The van der Waals surface area contributed by atoms with Crippen LogP contribution >= 0.6 is 0 Å². The fourth-order valence-corrected chi connectivity index (χ4v) is 2.33. The standard InChI is InChI=1S/C18H22O10/c1-5-25-15(21)9-10(16(22)26-6-2)14(20)12(18(24)28-8-4)11(13(9)19)17(23)27-7-3/h19-20H,5-8H2,1-4H3. The maximum absolute atomic E-state index is 12.3.